The van der Waals surface area contributed by atoms with Crippen LogP contribution >= 0.6 is 15.9 Å². The summed E-state index contributed by atoms with van der Waals surface area (Å²) in [6, 6.07) is 10.9. The van der Waals surface area contributed by atoms with E-state index in [1.807, 2.05) is 39.0 Å². The van der Waals surface area contributed by atoms with Gasteiger partial charge in [-0.05, 0) is 84.4 Å². The van der Waals surface area contributed by atoms with Crippen LogP contribution in [-0.2, 0) is 21.5 Å². The smallest absolute Gasteiger partial charge is 0.261 e. The Morgan fingerprint density at radius 3 is 2.18 bits per heavy atom. The third-order valence-electron chi connectivity index (χ3n) is 5.08. The standard InChI is InChI=1S/C26H34BrFN2O3/c1-17(24(32)29-26(5,6)7)30(15-18-8-11-20(28)12-9-18)23(31)16-33-22-13-10-19(14-21(22)27)25(2,3)4/h8-14,17H,15-16H2,1-7H3,(H,29,32). The fraction of sp³-hybridized carbons (Fsp3) is 0.462. The summed E-state index contributed by atoms with van der Waals surface area (Å²) >= 11 is 3.52. The van der Waals surface area contributed by atoms with Crippen molar-refractivity contribution in [3.8, 4) is 5.75 Å². The van der Waals surface area contributed by atoms with E-state index >= 15 is 0 Å². The van der Waals surface area contributed by atoms with Crippen LogP contribution in [0, 0.1) is 5.82 Å². The van der Waals surface area contributed by atoms with E-state index in [1.54, 1.807) is 19.1 Å². The summed E-state index contributed by atoms with van der Waals surface area (Å²) in [5.74, 6) is -0.428. The first kappa shape index (κ1) is 26.8. The number of hydrogen-bond acceptors (Lipinski definition) is 3. The molecule has 33 heavy (non-hydrogen) atoms. The third-order valence-corrected chi connectivity index (χ3v) is 5.70. The van der Waals surface area contributed by atoms with Gasteiger partial charge in [-0.1, -0.05) is 39.0 Å². The molecule has 2 rings (SSSR count). The normalized spacial score (nSPS) is 12.8. The van der Waals surface area contributed by atoms with Crippen LogP contribution in [-0.4, -0.2) is 34.9 Å². The maximum Gasteiger partial charge on any atom is 0.261 e. The lowest BCUT2D eigenvalue weighted by molar-refractivity contribution is -0.142. The Morgan fingerprint density at radius 1 is 1.06 bits per heavy atom. The van der Waals surface area contributed by atoms with E-state index in [4.69, 9.17) is 4.74 Å². The van der Waals surface area contributed by atoms with E-state index in [2.05, 4.69) is 42.0 Å². The minimum Gasteiger partial charge on any atom is -0.483 e. The molecule has 0 aliphatic heterocycles. The Labute approximate surface area is 204 Å². The summed E-state index contributed by atoms with van der Waals surface area (Å²) in [5.41, 5.74) is 1.40. The molecule has 1 N–H and O–H groups in total. The maximum absolute atomic E-state index is 13.3. The van der Waals surface area contributed by atoms with Crippen molar-refractivity contribution in [1.29, 1.82) is 0 Å². The van der Waals surface area contributed by atoms with Gasteiger partial charge in [-0.15, -0.1) is 0 Å². The highest BCUT2D eigenvalue weighted by atomic mass is 79.9. The molecule has 0 aromatic heterocycles. The molecular weight excluding hydrogens is 487 g/mol. The Morgan fingerprint density at radius 2 is 1.67 bits per heavy atom. The van der Waals surface area contributed by atoms with Gasteiger partial charge in [-0.3, -0.25) is 9.59 Å². The second-order valence-electron chi connectivity index (χ2n) is 10.2. The molecule has 5 nitrogen and oxygen atoms in total. The molecule has 2 amide bonds. The van der Waals surface area contributed by atoms with Crippen LogP contribution in [0.5, 0.6) is 5.75 Å². The van der Waals surface area contributed by atoms with Crippen LogP contribution in [0.1, 0.15) is 59.6 Å². The van der Waals surface area contributed by atoms with Gasteiger partial charge in [0.05, 0.1) is 4.47 Å². The highest BCUT2D eigenvalue weighted by Crippen LogP contribution is 2.31. The molecule has 2 aromatic carbocycles. The molecule has 0 aliphatic carbocycles. The monoisotopic (exact) mass is 520 g/mol. The highest BCUT2D eigenvalue weighted by Gasteiger charge is 2.29. The fourth-order valence-electron chi connectivity index (χ4n) is 3.15. The number of nitrogens with one attached hydrogen (secondary N) is 1. The lowest BCUT2D eigenvalue weighted by atomic mass is 9.87. The van der Waals surface area contributed by atoms with Gasteiger partial charge in [-0.2, -0.15) is 0 Å². The topological polar surface area (TPSA) is 58.6 Å². The summed E-state index contributed by atoms with van der Waals surface area (Å²) < 4.78 is 19.9. The Bertz CT molecular complexity index is 979. The lowest BCUT2D eigenvalue weighted by Crippen LogP contribution is -2.53. The van der Waals surface area contributed by atoms with Crippen LogP contribution in [0.3, 0.4) is 0 Å². The van der Waals surface area contributed by atoms with E-state index in [1.165, 1.54) is 17.0 Å². The second kappa shape index (κ2) is 10.7. The van der Waals surface area contributed by atoms with Crippen molar-refractivity contribution < 1.29 is 18.7 Å². The quantitative estimate of drug-likeness (QED) is 0.517. The van der Waals surface area contributed by atoms with Crippen molar-refractivity contribution in [1.82, 2.24) is 10.2 Å². The van der Waals surface area contributed by atoms with Crippen LogP contribution in [0.4, 0.5) is 4.39 Å². The Hall–Kier alpha value is -2.41. The minimum atomic E-state index is -0.739. The summed E-state index contributed by atoms with van der Waals surface area (Å²) in [5, 5.41) is 2.91. The minimum absolute atomic E-state index is 0.0152. The van der Waals surface area contributed by atoms with Crippen LogP contribution < -0.4 is 10.1 Å². The lowest BCUT2D eigenvalue weighted by Gasteiger charge is -2.31. The number of amides is 2. The fourth-order valence-corrected chi connectivity index (χ4v) is 3.64. The first-order chi connectivity index (χ1) is 15.2. The molecule has 0 radical (unpaired) electrons. The Balaban J connectivity index is 2.20. The molecule has 0 bridgehead atoms. The van der Waals surface area contributed by atoms with Gasteiger partial charge in [0.1, 0.15) is 17.6 Å². The zero-order valence-electron chi connectivity index (χ0n) is 20.5. The number of carbonyl (C=O) groups excluding carboxylic acids is 2. The SMILES string of the molecule is CC(C(=O)NC(C)(C)C)N(Cc1ccc(F)cc1)C(=O)COc1ccc(C(C)(C)C)cc1Br. The predicted octanol–water partition coefficient (Wildman–Crippen LogP) is 5.60. The van der Waals surface area contributed by atoms with Crippen molar-refractivity contribution in [2.24, 2.45) is 0 Å². The number of hydrogen-bond donors (Lipinski definition) is 1. The number of halogens is 2. The highest BCUT2D eigenvalue weighted by molar-refractivity contribution is 9.10. The van der Waals surface area contributed by atoms with Crippen LogP contribution in [0.15, 0.2) is 46.9 Å². The van der Waals surface area contributed by atoms with Gasteiger partial charge in [0, 0.05) is 12.1 Å². The van der Waals surface area contributed by atoms with Gasteiger partial charge < -0.3 is 15.0 Å². The van der Waals surface area contributed by atoms with Crippen LogP contribution in [0.25, 0.3) is 0 Å². The zero-order chi connectivity index (χ0) is 25.0. The molecule has 0 heterocycles. The summed E-state index contributed by atoms with van der Waals surface area (Å²) in [6.07, 6.45) is 0. The van der Waals surface area contributed by atoms with Crippen molar-refractivity contribution >= 4 is 27.7 Å². The van der Waals surface area contributed by atoms with Gasteiger partial charge in [-0.25, -0.2) is 4.39 Å². The first-order valence-corrected chi connectivity index (χ1v) is 11.8. The number of rotatable bonds is 7. The molecule has 180 valence electrons. The van der Waals surface area contributed by atoms with Crippen molar-refractivity contribution in [3.63, 3.8) is 0 Å². The van der Waals surface area contributed by atoms with E-state index in [0.717, 1.165) is 15.6 Å². The molecule has 0 aliphatic rings. The summed E-state index contributed by atoms with van der Waals surface area (Å²) in [7, 11) is 0. The van der Waals surface area contributed by atoms with Crippen molar-refractivity contribution in [2.45, 2.75) is 72.0 Å². The van der Waals surface area contributed by atoms with Gasteiger partial charge in [0.15, 0.2) is 6.61 Å². The van der Waals surface area contributed by atoms with Crippen LogP contribution in [0.2, 0.25) is 0 Å². The van der Waals surface area contributed by atoms with Gasteiger partial charge >= 0.3 is 0 Å². The van der Waals surface area contributed by atoms with E-state index in [9.17, 15) is 14.0 Å². The van der Waals surface area contributed by atoms with Gasteiger partial charge in [0.25, 0.3) is 5.91 Å². The molecule has 7 heteroatoms. The van der Waals surface area contributed by atoms with E-state index in [0.29, 0.717) is 5.75 Å². The summed E-state index contributed by atoms with van der Waals surface area (Å²) in [4.78, 5) is 27.4. The molecule has 0 fully saturated rings. The largest absolute Gasteiger partial charge is 0.483 e. The van der Waals surface area contributed by atoms with Crippen molar-refractivity contribution in [3.05, 3.63) is 63.9 Å². The van der Waals surface area contributed by atoms with Crippen molar-refractivity contribution in [2.75, 3.05) is 6.61 Å². The van der Waals surface area contributed by atoms with Gasteiger partial charge in [0.2, 0.25) is 5.91 Å². The van der Waals surface area contributed by atoms with E-state index < -0.39 is 11.6 Å². The average Bonchev–Trinajstić information content (AvgIpc) is 2.69. The van der Waals surface area contributed by atoms with E-state index in [-0.39, 0.29) is 36.2 Å². The first-order valence-electron chi connectivity index (χ1n) is 11.0. The maximum atomic E-state index is 13.3. The molecule has 0 saturated heterocycles. The molecule has 0 spiro atoms. The molecule has 1 unspecified atom stereocenters. The Kier molecular flexibility index (Phi) is 8.69. The molecule has 0 saturated carbocycles. The summed E-state index contributed by atoms with van der Waals surface area (Å²) in [6.45, 7) is 13.6. The number of carbonyl (C=O) groups is 2. The molecular formula is C26H34BrFN2O3. The third kappa shape index (κ3) is 8.14. The predicted molar refractivity (Wildman–Crippen MR) is 133 cm³/mol. The molecule has 2 aromatic rings. The zero-order valence-corrected chi connectivity index (χ0v) is 22.0. The number of benzene rings is 2. The number of nitrogens with zero attached hydrogens (tertiary/aromatic N) is 1. The molecule has 1 atom stereocenters. The number of ether oxygens (including phenoxy) is 1. The average molecular weight is 521 g/mol. The second-order valence-corrected chi connectivity index (χ2v) is 11.1.